The average Bonchev–Trinajstić information content (AvgIpc) is 2.84. The maximum Gasteiger partial charge on any atom is 0.323 e. The van der Waals surface area contributed by atoms with E-state index < -0.39 is 6.03 Å². The van der Waals surface area contributed by atoms with Gasteiger partial charge in [0.2, 0.25) is 0 Å². The first-order valence-electron chi connectivity index (χ1n) is 5.86. The number of urea groups is 1. The molecule has 106 valence electrons. The summed E-state index contributed by atoms with van der Waals surface area (Å²) >= 11 is 11.7. The molecule has 0 saturated carbocycles. The van der Waals surface area contributed by atoms with Gasteiger partial charge in [-0.05, 0) is 46.7 Å². The van der Waals surface area contributed by atoms with Crippen molar-refractivity contribution in [1.29, 1.82) is 0 Å². The van der Waals surface area contributed by atoms with Gasteiger partial charge >= 0.3 is 6.03 Å². The number of nitrogens with one attached hydrogen (secondary N) is 2. The third-order valence-corrected chi connectivity index (χ3v) is 3.07. The van der Waals surface area contributed by atoms with Gasteiger partial charge in [-0.3, -0.25) is 0 Å². The second-order valence-electron chi connectivity index (χ2n) is 4.20. The van der Waals surface area contributed by atoms with Crippen molar-refractivity contribution in [3.05, 3.63) is 46.4 Å². The van der Waals surface area contributed by atoms with Gasteiger partial charge in [-0.1, -0.05) is 23.2 Å². The van der Waals surface area contributed by atoms with Crippen molar-refractivity contribution in [3.8, 4) is 0 Å². The number of nitrogens with zero attached hydrogens (tertiary/aromatic N) is 2. The first-order chi connectivity index (χ1) is 10.1. The van der Waals surface area contributed by atoms with Crippen molar-refractivity contribution in [2.45, 2.75) is 0 Å². The Morgan fingerprint density at radius 3 is 2.33 bits per heavy atom. The van der Waals surface area contributed by atoms with Crippen LogP contribution in [-0.2, 0) is 0 Å². The highest BCUT2D eigenvalue weighted by Crippen LogP contribution is 2.23. The molecule has 0 aliphatic carbocycles. The lowest BCUT2D eigenvalue weighted by Gasteiger charge is -2.08. The monoisotopic (exact) mass is 322 g/mol. The minimum atomic E-state index is -0.427. The number of benzene rings is 2. The fraction of sp³-hybridized carbons (Fsp3) is 0. The number of hydrogen-bond donors (Lipinski definition) is 2. The molecule has 21 heavy (non-hydrogen) atoms. The normalized spacial score (nSPS) is 10.6. The van der Waals surface area contributed by atoms with Crippen molar-refractivity contribution >= 4 is 51.6 Å². The van der Waals surface area contributed by atoms with E-state index in [0.29, 0.717) is 32.5 Å². The lowest BCUT2D eigenvalue weighted by Crippen LogP contribution is -2.19. The zero-order valence-electron chi connectivity index (χ0n) is 10.4. The van der Waals surface area contributed by atoms with E-state index in [4.69, 9.17) is 23.2 Å². The molecule has 0 aliphatic rings. The van der Waals surface area contributed by atoms with Crippen LogP contribution in [0.15, 0.2) is 41.0 Å². The van der Waals surface area contributed by atoms with E-state index in [1.807, 2.05) is 0 Å². The number of carbonyl (C=O) groups is 1. The largest absolute Gasteiger partial charge is 0.323 e. The minimum Gasteiger partial charge on any atom is -0.308 e. The molecule has 3 aromatic rings. The third kappa shape index (κ3) is 3.24. The molecule has 0 unspecified atom stereocenters. The number of fused-ring (bicyclic) bond motifs is 1. The van der Waals surface area contributed by atoms with Gasteiger partial charge in [0.1, 0.15) is 11.0 Å². The van der Waals surface area contributed by atoms with Crippen LogP contribution in [0.2, 0.25) is 10.0 Å². The fourth-order valence-electron chi connectivity index (χ4n) is 1.78. The van der Waals surface area contributed by atoms with Crippen molar-refractivity contribution in [2.24, 2.45) is 0 Å². The number of aromatic nitrogens is 2. The molecule has 0 atom stereocenters. The number of halogens is 2. The molecule has 6 nitrogen and oxygen atoms in total. The second-order valence-corrected chi connectivity index (χ2v) is 5.08. The number of rotatable bonds is 2. The summed E-state index contributed by atoms with van der Waals surface area (Å²) in [4.78, 5) is 11.9. The molecule has 2 amide bonds. The van der Waals surface area contributed by atoms with Crippen LogP contribution in [0.25, 0.3) is 11.0 Å². The van der Waals surface area contributed by atoms with E-state index in [-0.39, 0.29) is 0 Å². The quantitative estimate of drug-likeness (QED) is 0.741. The molecule has 3 rings (SSSR count). The number of hydrogen-bond acceptors (Lipinski definition) is 4. The van der Waals surface area contributed by atoms with Crippen molar-refractivity contribution in [3.63, 3.8) is 0 Å². The van der Waals surface area contributed by atoms with Crippen LogP contribution in [0.3, 0.4) is 0 Å². The molecule has 2 aromatic carbocycles. The summed E-state index contributed by atoms with van der Waals surface area (Å²) in [5, 5.41) is 13.6. The first kappa shape index (κ1) is 13.7. The summed E-state index contributed by atoms with van der Waals surface area (Å²) in [7, 11) is 0. The average molecular weight is 323 g/mol. The van der Waals surface area contributed by atoms with Crippen LogP contribution in [0, 0.1) is 0 Å². The lowest BCUT2D eigenvalue weighted by molar-refractivity contribution is 0.262. The van der Waals surface area contributed by atoms with Crippen molar-refractivity contribution in [1.82, 2.24) is 10.3 Å². The summed E-state index contributed by atoms with van der Waals surface area (Å²) in [5.74, 6) is 0. The minimum absolute atomic E-state index is 0.427. The number of amides is 2. The molecule has 0 radical (unpaired) electrons. The SMILES string of the molecule is O=C(Nc1cc(Cl)cc(Cl)c1)Nc1ccc2nonc2c1. The van der Waals surface area contributed by atoms with Gasteiger partial charge in [-0.2, -0.15) is 0 Å². The van der Waals surface area contributed by atoms with E-state index >= 15 is 0 Å². The molecule has 1 heterocycles. The van der Waals surface area contributed by atoms with E-state index in [1.54, 1.807) is 36.4 Å². The standard InChI is InChI=1S/C13H8Cl2N4O2/c14-7-3-8(15)5-10(4-7)17-13(20)16-9-1-2-11-12(6-9)19-21-18-11/h1-6H,(H2,16,17,20). The Labute approximate surface area is 129 Å². The van der Waals surface area contributed by atoms with Gasteiger partial charge in [0.25, 0.3) is 0 Å². The lowest BCUT2D eigenvalue weighted by atomic mass is 10.3. The van der Waals surface area contributed by atoms with E-state index in [0.717, 1.165) is 0 Å². The third-order valence-electron chi connectivity index (χ3n) is 2.63. The molecular weight excluding hydrogens is 315 g/mol. The van der Waals surface area contributed by atoms with Gasteiger partial charge in [-0.15, -0.1) is 0 Å². The topological polar surface area (TPSA) is 80.0 Å². The van der Waals surface area contributed by atoms with Gasteiger partial charge < -0.3 is 10.6 Å². The van der Waals surface area contributed by atoms with Gasteiger partial charge in [0.15, 0.2) is 0 Å². The van der Waals surface area contributed by atoms with Crippen LogP contribution >= 0.6 is 23.2 Å². The summed E-state index contributed by atoms with van der Waals surface area (Å²) in [6, 6.07) is 9.38. The zero-order valence-corrected chi connectivity index (χ0v) is 11.9. The van der Waals surface area contributed by atoms with Crippen LogP contribution in [0.4, 0.5) is 16.2 Å². The highest BCUT2D eigenvalue weighted by molar-refractivity contribution is 6.35. The maximum absolute atomic E-state index is 11.9. The highest BCUT2D eigenvalue weighted by atomic mass is 35.5. The van der Waals surface area contributed by atoms with Crippen molar-refractivity contribution in [2.75, 3.05) is 10.6 Å². The predicted molar refractivity (Wildman–Crippen MR) is 80.9 cm³/mol. The summed E-state index contributed by atoms with van der Waals surface area (Å²) < 4.78 is 4.59. The Morgan fingerprint density at radius 1 is 0.905 bits per heavy atom. The molecule has 2 N–H and O–H groups in total. The first-order valence-corrected chi connectivity index (χ1v) is 6.62. The van der Waals surface area contributed by atoms with E-state index in [1.165, 1.54) is 0 Å². The van der Waals surface area contributed by atoms with Crippen LogP contribution in [0.5, 0.6) is 0 Å². The Balaban J connectivity index is 1.73. The van der Waals surface area contributed by atoms with Crippen LogP contribution < -0.4 is 10.6 Å². The Morgan fingerprint density at radius 2 is 1.57 bits per heavy atom. The fourth-order valence-corrected chi connectivity index (χ4v) is 2.31. The van der Waals surface area contributed by atoms with Gasteiger partial charge in [0.05, 0.1) is 0 Å². The van der Waals surface area contributed by atoms with Gasteiger partial charge in [-0.25, -0.2) is 9.42 Å². The highest BCUT2D eigenvalue weighted by Gasteiger charge is 2.07. The van der Waals surface area contributed by atoms with Crippen molar-refractivity contribution < 1.29 is 9.42 Å². The summed E-state index contributed by atoms with van der Waals surface area (Å²) in [5.41, 5.74) is 2.22. The molecule has 0 aliphatic heterocycles. The molecule has 8 heteroatoms. The number of anilines is 2. The molecule has 1 aromatic heterocycles. The van der Waals surface area contributed by atoms with E-state index in [9.17, 15) is 4.79 Å². The van der Waals surface area contributed by atoms with E-state index in [2.05, 4.69) is 25.6 Å². The summed E-state index contributed by atoms with van der Waals surface area (Å²) in [6.45, 7) is 0. The maximum atomic E-state index is 11.9. The molecule has 0 saturated heterocycles. The molecule has 0 spiro atoms. The van der Waals surface area contributed by atoms with Crippen LogP contribution in [0.1, 0.15) is 0 Å². The summed E-state index contributed by atoms with van der Waals surface area (Å²) in [6.07, 6.45) is 0. The molecule has 0 bridgehead atoms. The Hall–Kier alpha value is -2.31. The zero-order chi connectivity index (χ0) is 14.8. The Bertz CT molecular complexity index is 799. The van der Waals surface area contributed by atoms with Gasteiger partial charge in [0, 0.05) is 21.4 Å². The molecular formula is C13H8Cl2N4O2. The smallest absolute Gasteiger partial charge is 0.308 e. The predicted octanol–water partition coefficient (Wildman–Crippen LogP) is 4.17. The second kappa shape index (κ2) is 5.59. The molecule has 0 fully saturated rings. The Kier molecular flexibility index (Phi) is 3.64. The number of carbonyl (C=O) groups excluding carboxylic acids is 1. The van der Waals surface area contributed by atoms with Crippen LogP contribution in [-0.4, -0.2) is 16.3 Å².